The van der Waals surface area contributed by atoms with Crippen molar-refractivity contribution in [3.63, 3.8) is 0 Å². The zero-order valence-corrected chi connectivity index (χ0v) is 8.37. The van der Waals surface area contributed by atoms with E-state index in [0.29, 0.717) is 18.1 Å². The molecular weight excluding hydrogens is 168 g/mol. The maximum Gasteiger partial charge on any atom is 0.329 e. The quantitative estimate of drug-likeness (QED) is 0.280. The summed E-state index contributed by atoms with van der Waals surface area (Å²) in [5.74, 6) is 1.17. The molecule has 2 atom stereocenters. The summed E-state index contributed by atoms with van der Waals surface area (Å²) in [6.45, 7) is 5.88. The Hall–Kier alpha value is -0.860. The summed E-state index contributed by atoms with van der Waals surface area (Å²) in [7, 11) is 0. The molecule has 3 nitrogen and oxygen atoms in total. The first-order valence-electron chi connectivity index (χ1n) is 4.61. The first-order chi connectivity index (χ1) is 6.04. The normalized spacial score (nSPS) is 32.4. The molecule has 0 N–H and O–H groups in total. The minimum atomic E-state index is 0.0371. The van der Waals surface area contributed by atoms with Gasteiger partial charge >= 0.3 is 5.78 Å². The Balaban J connectivity index is 2.63. The molecule has 0 saturated heterocycles. The molecular formula is C10H16O3. The maximum atomic E-state index is 10.3. The van der Waals surface area contributed by atoms with Crippen LogP contribution in [0.1, 0.15) is 33.6 Å². The van der Waals surface area contributed by atoms with Crippen LogP contribution >= 0.6 is 0 Å². The Morgan fingerprint density at radius 1 is 1.69 bits per heavy atom. The van der Waals surface area contributed by atoms with Crippen LogP contribution in [0.3, 0.4) is 0 Å². The third kappa shape index (κ3) is 1.60. The molecule has 0 aromatic heterocycles. The summed E-state index contributed by atoms with van der Waals surface area (Å²) in [5, 5.41) is 10.2. The summed E-state index contributed by atoms with van der Waals surface area (Å²) in [6, 6.07) is 0. The van der Waals surface area contributed by atoms with Gasteiger partial charge in [0.05, 0.1) is 12.8 Å². The third-order valence-corrected chi connectivity index (χ3v) is 3.47. The topological polar surface area (TPSA) is 51.4 Å². The van der Waals surface area contributed by atoms with Crippen molar-refractivity contribution >= 4 is 12.1 Å². The van der Waals surface area contributed by atoms with Crippen molar-refractivity contribution in [3.05, 3.63) is 0 Å². The molecule has 74 valence electrons. The van der Waals surface area contributed by atoms with Gasteiger partial charge in [0.2, 0.25) is 0 Å². The lowest BCUT2D eigenvalue weighted by Gasteiger charge is -2.48. The SMILES string of the molecule is CC(=[O+][O-])C1CC(CC=O)C1(C)C. The van der Waals surface area contributed by atoms with Gasteiger partial charge in [-0.25, -0.2) is 0 Å². The highest BCUT2D eigenvalue weighted by atomic mass is 17.1. The van der Waals surface area contributed by atoms with Crippen LogP contribution in [-0.4, -0.2) is 12.1 Å². The van der Waals surface area contributed by atoms with E-state index in [1.54, 1.807) is 6.92 Å². The van der Waals surface area contributed by atoms with E-state index in [9.17, 15) is 10.1 Å². The molecule has 1 rings (SSSR count). The molecule has 0 bridgehead atoms. The summed E-state index contributed by atoms with van der Waals surface area (Å²) in [4.78, 5) is 10.3. The predicted octanol–water partition coefficient (Wildman–Crippen LogP) is 0.638. The highest BCUT2D eigenvalue weighted by molar-refractivity contribution is 5.80. The Morgan fingerprint density at radius 2 is 2.31 bits per heavy atom. The maximum absolute atomic E-state index is 10.3. The van der Waals surface area contributed by atoms with Gasteiger partial charge in [0, 0.05) is 6.42 Å². The molecule has 0 spiro atoms. The van der Waals surface area contributed by atoms with Crippen LogP contribution in [0.4, 0.5) is 0 Å². The van der Waals surface area contributed by atoms with E-state index >= 15 is 0 Å². The highest BCUT2D eigenvalue weighted by Gasteiger charge is 2.52. The molecule has 0 amide bonds. The second kappa shape index (κ2) is 3.48. The van der Waals surface area contributed by atoms with Crippen LogP contribution in [0.2, 0.25) is 0 Å². The number of ketones is 1. The van der Waals surface area contributed by atoms with Crippen LogP contribution in [-0.2, 0) is 9.37 Å². The monoisotopic (exact) mass is 184 g/mol. The molecule has 1 saturated carbocycles. The van der Waals surface area contributed by atoms with Crippen LogP contribution in [0.25, 0.3) is 0 Å². The number of carbonyl (C=O) groups excluding carboxylic acids is 2. The number of rotatable bonds is 3. The average molecular weight is 184 g/mol. The molecule has 1 aliphatic rings. The molecule has 13 heavy (non-hydrogen) atoms. The fourth-order valence-electron chi connectivity index (χ4n) is 2.28. The lowest BCUT2D eigenvalue weighted by molar-refractivity contribution is -1.05. The Morgan fingerprint density at radius 3 is 2.69 bits per heavy atom. The lowest BCUT2D eigenvalue weighted by Crippen LogP contribution is -2.49. The number of hydrogen-bond acceptors (Lipinski definition) is 2. The van der Waals surface area contributed by atoms with Gasteiger partial charge in [-0.3, -0.25) is 0 Å². The molecule has 0 heterocycles. The van der Waals surface area contributed by atoms with Gasteiger partial charge in [0.1, 0.15) is 6.29 Å². The van der Waals surface area contributed by atoms with Crippen molar-refractivity contribution in [1.29, 1.82) is 0 Å². The van der Waals surface area contributed by atoms with Crippen molar-refractivity contribution < 1.29 is 14.6 Å². The van der Waals surface area contributed by atoms with Gasteiger partial charge in [-0.05, 0) is 17.8 Å². The second-order valence-corrected chi connectivity index (χ2v) is 4.40. The molecule has 3 heteroatoms. The van der Waals surface area contributed by atoms with Gasteiger partial charge in [-0.2, -0.15) is 4.58 Å². The summed E-state index contributed by atoms with van der Waals surface area (Å²) >= 11 is 0. The average Bonchev–Trinajstić information content (AvgIpc) is 2.10. The fraction of sp³-hybridized carbons (Fsp3) is 0.800. The smallest absolute Gasteiger partial charge is 0.329 e. The minimum absolute atomic E-state index is 0.0371. The highest BCUT2D eigenvalue weighted by Crippen LogP contribution is 2.52. The largest absolute Gasteiger partial charge is 0.463 e. The molecule has 0 aromatic rings. The summed E-state index contributed by atoms with van der Waals surface area (Å²) in [5.41, 5.74) is 0.0371. The van der Waals surface area contributed by atoms with Gasteiger partial charge in [-0.1, -0.05) is 13.8 Å². The predicted molar refractivity (Wildman–Crippen MR) is 46.7 cm³/mol. The molecule has 1 aliphatic carbocycles. The van der Waals surface area contributed by atoms with Crippen LogP contribution in [0, 0.1) is 17.3 Å². The van der Waals surface area contributed by atoms with E-state index in [4.69, 9.17) is 0 Å². The van der Waals surface area contributed by atoms with Crippen molar-refractivity contribution in [3.8, 4) is 0 Å². The van der Waals surface area contributed by atoms with E-state index in [1.807, 2.05) is 0 Å². The Kier molecular flexibility index (Phi) is 2.74. The second-order valence-electron chi connectivity index (χ2n) is 4.40. The minimum Gasteiger partial charge on any atom is -0.463 e. The summed E-state index contributed by atoms with van der Waals surface area (Å²) < 4.78 is 3.99. The molecule has 1 fully saturated rings. The fourth-order valence-corrected chi connectivity index (χ4v) is 2.28. The van der Waals surface area contributed by atoms with Gasteiger partial charge in [0.25, 0.3) is 0 Å². The van der Waals surface area contributed by atoms with Crippen molar-refractivity contribution in [2.24, 2.45) is 17.3 Å². The third-order valence-electron chi connectivity index (χ3n) is 3.47. The molecule has 0 radical (unpaired) electrons. The van der Waals surface area contributed by atoms with Gasteiger partial charge in [-0.15, -0.1) is 0 Å². The number of aldehydes is 1. The van der Waals surface area contributed by atoms with E-state index < -0.39 is 0 Å². The van der Waals surface area contributed by atoms with E-state index in [-0.39, 0.29) is 11.3 Å². The standard InChI is InChI=1S/C10H16O3/c1-7(13-12)9-6-8(4-5-11)10(9,2)3/h5,8-9H,4,6H2,1-3H3. The van der Waals surface area contributed by atoms with E-state index in [0.717, 1.165) is 12.7 Å². The van der Waals surface area contributed by atoms with Crippen LogP contribution in [0.15, 0.2) is 0 Å². The van der Waals surface area contributed by atoms with Crippen LogP contribution in [0.5, 0.6) is 0 Å². The van der Waals surface area contributed by atoms with E-state index in [1.165, 1.54) is 0 Å². The molecule has 0 aromatic carbocycles. The van der Waals surface area contributed by atoms with Crippen molar-refractivity contribution in [2.45, 2.75) is 33.6 Å². The lowest BCUT2D eigenvalue weighted by atomic mass is 9.53. The number of hydrogen-bond donors (Lipinski definition) is 0. The Labute approximate surface area is 78.4 Å². The first kappa shape index (κ1) is 10.2. The zero-order chi connectivity index (χ0) is 10.1. The van der Waals surface area contributed by atoms with Gasteiger partial charge < -0.3 is 10.1 Å². The Bertz CT molecular complexity index is 230. The summed E-state index contributed by atoms with van der Waals surface area (Å²) in [6.07, 6.45) is 2.45. The van der Waals surface area contributed by atoms with Crippen LogP contribution < -0.4 is 5.26 Å². The number of carbonyl (C=O) groups is 1. The zero-order valence-electron chi connectivity index (χ0n) is 8.37. The van der Waals surface area contributed by atoms with Crippen molar-refractivity contribution in [1.82, 2.24) is 0 Å². The molecule has 2 unspecified atom stereocenters. The first-order valence-corrected chi connectivity index (χ1v) is 4.61. The van der Waals surface area contributed by atoms with Crippen molar-refractivity contribution in [2.75, 3.05) is 0 Å². The van der Waals surface area contributed by atoms with Gasteiger partial charge in [0.15, 0.2) is 0 Å². The molecule has 0 aliphatic heterocycles. The van der Waals surface area contributed by atoms with E-state index in [2.05, 4.69) is 18.4 Å².